The first-order chi connectivity index (χ1) is 29.1. The summed E-state index contributed by atoms with van der Waals surface area (Å²) < 4.78 is 42.8. The largest absolute Gasteiger partial charge is 0.497 e. The Labute approximate surface area is 355 Å². The van der Waals surface area contributed by atoms with Gasteiger partial charge in [0.15, 0.2) is 23.0 Å². The number of esters is 2. The van der Waals surface area contributed by atoms with Gasteiger partial charge in [-0.2, -0.15) is 11.8 Å². The zero-order valence-corrected chi connectivity index (χ0v) is 36.9. The molecular weight excluding hydrogens is 789 g/mol. The number of aliphatic hydroxyl groups excluding tert-OH is 1. The number of ether oxygens (including phenoxy) is 7. The summed E-state index contributed by atoms with van der Waals surface area (Å²) in [5.41, 5.74) is 8.01. The number of thioether (sulfide) groups is 1. The molecule has 3 aromatic carbocycles. The second-order valence-electron chi connectivity index (χ2n) is 15.1. The average Bonchev–Trinajstić information content (AvgIpc) is 3.90. The van der Waals surface area contributed by atoms with Gasteiger partial charge in [0, 0.05) is 58.4 Å². The van der Waals surface area contributed by atoms with Crippen LogP contribution in [-0.2, 0) is 27.2 Å². The highest BCUT2D eigenvalue weighted by Gasteiger charge is 2.51. The maximum Gasteiger partial charge on any atom is 0.329 e. The Hall–Kier alpha value is -4.67. The zero-order chi connectivity index (χ0) is 42.8. The number of aryl methyl sites for hydroxylation is 2. The molecule has 0 fully saturated rings. The van der Waals surface area contributed by atoms with E-state index in [1.807, 2.05) is 52.9 Å². The van der Waals surface area contributed by atoms with E-state index in [9.17, 15) is 14.7 Å². The molecule has 0 radical (unpaired) electrons. The first kappa shape index (κ1) is 43.4. The molecule has 0 aliphatic carbocycles. The first-order valence-corrected chi connectivity index (χ1v) is 22.1. The molecule has 8 rings (SSSR count). The molecule has 4 aliphatic rings. The van der Waals surface area contributed by atoms with Gasteiger partial charge in [-0.15, -0.1) is 0 Å². The Morgan fingerprint density at radius 3 is 2.50 bits per heavy atom. The average molecular weight is 847 g/mol. The van der Waals surface area contributed by atoms with E-state index in [-0.39, 0.29) is 43.9 Å². The molecule has 15 heteroatoms. The maximum absolute atomic E-state index is 14.4. The van der Waals surface area contributed by atoms with Crippen molar-refractivity contribution in [1.82, 2.24) is 20.5 Å². The molecule has 1 aromatic heterocycles. The van der Waals surface area contributed by atoms with Crippen LogP contribution in [0.1, 0.15) is 95.2 Å². The Bertz CT molecular complexity index is 2240. The molecule has 14 nitrogen and oxygen atoms in total. The van der Waals surface area contributed by atoms with E-state index in [0.717, 1.165) is 75.0 Å². The smallest absolute Gasteiger partial charge is 0.329 e. The number of hydrogen-bond acceptors (Lipinski definition) is 14. The highest BCUT2D eigenvalue weighted by molar-refractivity contribution is 7.98. The second-order valence-corrected chi connectivity index (χ2v) is 16.1. The standard InChI is InChI=1S/C43H52N4O10S.C2H6/c1-21-17-24-9-8-14-47-29(19-54-43(50)35-33-26(12-13-45-35)27-18-25(51-5)10-11-28(27)46-33)31-32(38(57-23(3)49)22(2)39-41(31)56-20-55-39)42(58-7)36(47)34(44-4)30(24)40(37(21)52-6)53-16-15-48;1-2/h10-11,17-18,29,34-36,42,44-46,48H,8-9,12-16,19-20H2,1-7H3;1-2H3/t29-,34+,35?,36?,42?;/m0./s1. The SMILES string of the molecule is CC.CN[C@@H]1c2c(cc(C)c(OC)c2OCCO)CCCN2C1C(SC)c1c(OC(C)=O)c(C)c3c(c1[C@@H]2COC(=O)C1NCCc2c1[nH]c1ccc(OC)cc21)OCO3. The quantitative estimate of drug-likeness (QED) is 0.0981. The number of H-pyrrole nitrogens is 1. The van der Waals surface area contributed by atoms with Gasteiger partial charge in [0.05, 0.1) is 38.2 Å². The van der Waals surface area contributed by atoms with Gasteiger partial charge < -0.3 is 48.6 Å². The van der Waals surface area contributed by atoms with Crippen LogP contribution in [-0.4, -0.2) is 100 Å². The third-order valence-corrected chi connectivity index (χ3v) is 13.0. The molecule has 4 N–H and O–H groups in total. The molecule has 3 unspecified atom stereocenters. The fourth-order valence-electron chi connectivity index (χ4n) is 9.68. The van der Waals surface area contributed by atoms with E-state index in [4.69, 9.17) is 33.2 Å². The number of aromatic nitrogens is 1. The van der Waals surface area contributed by atoms with Crippen molar-refractivity contribution in [3.05, 3.63) is 68.9 Å². The zero-order valence-electron chi connectivity index (χ0n) is 36.0. The Morgan fingerprint density at radius 2 is 1.80 bits per heavy atom. The molecular formula is C45H58N4O10S. The van der Waals surface area contributed by atoms with Crippen molar-refractivity contribution >= 4 is 34.6 Å². The minimum absolute atomic E-state index is 0.00314. The van der Waals surface area contributed by atoms with E-state index in [2.05, 4.69) is 32.8 Å². The molecule has 4 aromatic rings. The van der Waals surface area contributed by atoms with Crippen molar-refractivity contribution < 1.29 is 47.9 Å². The lowest BCUT2D eigenvalue weighted by Gasteiger charge is -2.51. The van der Waals surface area contributed by atoms with Gasteiger partial charge in [-0.25, -0.2) is 4.79 Å². The lowest BCUT2D eigenvalue weighted by molar-refractivity contribution is -0.149. The van der Waals surface area contributed by atoms with Crippen LogP contribution in [0.15, 0.2) is 24.3 Å². The number of aromatic amines is 1. The third-order valence-electron chi connectivity index (χ3n) is 12.0. The summed E-state index contributed by atoms with van der Waals surface area (Å²) in [4.78, 5) is 33.2. The summed E-state index contributed by atoms with van der Waals surface area (Å²) in [6.07, 6.45) is 4.32. The Kier molecular flexibility index (Phi) is 13.4. The number of likely N-dealkylation sites (N-methyl/N-ethyl adjacent to an activating group) is 1. The molecule has 0 amide bonds. The van der Waals surface area contributed by atoms with Gasteiger partial charge in [0.1, 0.15) is 30.8 Å². The van der Waals surface area contributed by atoms with E-state index >= 15 is 0 Å². The number of benzene rings is 3. The monoisotopic (exact) mass is 846 g/mol. The summed E-state index contributed by atoms with van der Waals surface area (Å²) in [6.45, 7) is 10.4. The normalized spacial score (nSPS) is 21.5. The highest BCUT2D eigenvalue weighted by Crippen LogP contribution is 2.60. The number of aliphatic hydroxyl groups is 1. The van der Waals surface area contributed by atoms with Crippen LogP contribution in [0.5, 0.6) is 34.5 Å². The number of rotatable bonds is 11. The minimum Gasteiger partial charge on any atom is -0.497 e. The summed E-state index contributed by atoms with van der Waals surface area (Å²) in [6, 6.07) is 6.14. The number of fused-ring (bicyclic) bond motifs is 8. The van der Waals surface area contributed by atoms with E-state index < -0.39 is 24.0 Å². The molecule has 0 bridgehead atoms. The van der Waals surface area contributed by atoms with Crippen molar-refractivity contribution in [2.75, 3.05) is 67.2 Å². The van der Waals surface area contributed by atoms with Gasteiger partial charge in [-0.3, -0.25) is 15.0 Å². The van der Waals surface area contributed by atoms with Crippen LogP contribution < -0.4 is 39.1 Å². The van der Waals surface area contributed by atoms with Crippen molar-refractivity contribution in [2.45, 2.75) is 83.3 Å². The molecule has 4 aliphatic heterocycles. The fraction of sp³-hybridized carbons (Fsp3) is 0.511. The number of methoxy groups -OCH3 is 2. The molecule has 0 spiro atoms. The molecule has 5 atom stereocenters. The van der Waals surface area contributed by atoms with Crippen molar-refractivity contribution in [3.63, 3.8) is 0 Å². The topological polar surface area (TPSA) is 162 Å². The highest BCUT2D eigenvalue weighted by atomic mass is 32.2. The maximum atomic E-state index is 14.4. The number of nitrogens with zero attached hydrogens (tertiary/aromatic N) is 1. The summed E-state index contributed by atoms with van der Waals surface area (Å²) in [5.74, 6) is 2.57. The molecule has 60 heavy (non-hydrogen) atoms. The Balaban J connectivity index is 0.00000268. The second kappa shape index (κ2) is 18.5. The number of carbonyl (C=O) groups excluding carboxylic acids is 2. The van der Waals surface area contributed by atoms with Gasteiger partial charge in [0.25, 0.3) is 0 Å². The number of hydrogen-bond donors (Lipinski definition) is 4. The van der Waals surface area contributed by atoms with E-state index in [0.29, 0.717) is 47.4 Å². The van der Waals surface area contributed by atoms with Crippen molar-refractivity contribution in [3.8, 4) is 34.5 Å². The van der Waals surface area contributed by atoms with Crippen LogP contribution >= 0.6 is 11.8 Å². The number of carbonyl (C=O) groups is 2. The molecule has 0 saturated heterocycles. The summed E-state index contributed by atoms with van der Waals surface area (Å²) in [7, 11) is 5.20. The lowest BCUT2D eigenvalue weighted by atomic mass is 9.78. The van der Waals surface area contributed by atoms with E-state index in [1.165, 1.54) is 6.92 Å². The Morgan fingerprint density at radius 1 is 1.02 bits per heavy atom. The minimum atomic E-state index is -0.717. The van der Waals surface area contributed by atoms with Crippen molar-refractivity contribution in [1.29, 1.82) is 0 Å². The predicted molar refractivity (Wildman–Crippen MR) is 230 cm³/mol. The van der Waals surface area contributed by atoms with Crippen molar-refractivity contribution in [2.24, 2.45) is 0 Å². The molecule has 5 heterocycles. The summed E-state index contributed by atoms with van der Waals surface area (Å²) in [5, 5.41) is 17.7. The van der Waals surface area contributed by atoms with Gasteiger partial charge in [-0.1, -0.05) is 19.9 Å². The predicted octanol–water partition coefficient (Wildman–Crippen LogP) is 6.32. The molecule has 324 valence electrons. The fourth-order valence-corrected chi connectivity index (χ4v) is 10.7. The number of nitrogens with one attached hydrogen (secondary N) is 3. The van der Waals surface area contributed by atoms with Crippen LogP contribution in [0, 0.1) is 13.8 Å². The van der Waals surface area contributed by atoms with E-state index in [1.54, 1.807) is 26.0 Å². The first-order valence-electron chi connectivity index (χ1n) is 20.8. The third kappa shape index (κ3) is 7.52. The lowest BCUT2D eigenvalue weighted by Crippen LogP contribution is -2.54. The van der Waals surface area contributed by atoms with Crippen LogP contribution in [0.2, 0.25) is 0 Å². The van der Waals surface area contributed by atoms with Gasteiger partial charge >= 0.3 is 11.9 Å². The van der Waals surface area contributed by atoms with Gasteiger partial charge in [-0.05, 0) is 87.8 Å². The van der Waals surface area contributed by atoms with Crippen LogP contribution in [0.3, 0.4) is 0 Å². The van der Waals surface area contributed by atoms with Crippen LogP contribution in [0.25, 0.3) is 10.9 Å². The van der Waals surface area contributed by atoms with Crippen LogP contribution in [0.4, 0.5) is 0 Å². The molecule has 0 saturated carbocycles. The summed E-state index contributed by atoms with van der Waals surface area (Å²) >= 11 is 1.65. The van der Waals surface area contributed by atoms with Gasteiger partial charge in [0.2, 0.25) is 6.79 Å².